The molecule has 0 radical (unpaired) electrons. The molecule has 0 aliphatic carbocycles. The van der Waals surface area contributed by atoms with E-state index < -0.39 is 0 Å². The number of aromatic nitrogens is 1. The van der Waals surface area contributed by atoms with Crippen molar-refractivity contribution >= 4 is 21.8 Å². The molecule has 1 fully saturated rings. The maximum Gasteiger partial charge on any atom is 0.252 e. The Bertz CT molecular complexity index is 416. The van der Waals surface area contributed by atoms with Crippen LogP contribution in [0.5, 0.6) is 0 Å². The van der Waals surface area contributed by atoms with Crippen LogP contribution >= 0.6 is 15.9 Å². The highest BCUT2D eigenvalue weighted by molar-refractivity contribution is 9.10. The first kappa shape index (κ1) is 12.5. The molecule has 0 saturated carbocycles. The summed E-state index contributed by atoms with van der Waals surface area (Å²) >= 11 is 3.38. The average Bonchev–Trinajstić information content (AvgIpc) is 2.82. The van der Waals surface area contributed by atoms with Crippen LogP contribution < -0.4 is 10.6 Å². The predicted octanol–water partition coefficient (Wildman–Crippen LogP) is 1.63. The summed E-state index contributed by atoms with van der Waals surface area (Å²) in [6.45, 7) is 3.64. The van der Waals surface area contributed by atoms with Gasteiger partial charge in [-0.2, -0.15) is 0 Å². The van der Waals surface area contributed by atoms with Crippen molar-refractivity contribution in [3.63, 3.8) is 0 Å². The van der Waals surface area contributed by atoms with Gasteiger partial charge in [-0.05, 0) is 48.3 Å². The number of aryl methyl sites for hydroxylation is 1. The summed E-state index contributed by atoms with van der Waals surface area (Å²) < 4.78 is 0.865. The molecule has 17 heavy (non-hydrogen) atoms. The highest BCUT2D eigenvalue weighted by Crippen LogP contribution is 2.14. The first-order valence-corrected chi connectivity index (χ1v) is 6.60. The van der Waals surface area contributed by atoms with Crippen LogP contribution in [0.4, 0.5) is 0 Å². The molecule has 92 valence electrons. The van der Waals surface area contributed by atoms with Crippen LogP contribution in [-0.4, -0.2) is 30.0 Å². The number of hydrogen-bond acceptors (Lipinski definition) is 3. The van der Waals surface area contributed by atoms with Crippen LogP contribution in [0, 0.1) is 6.92 Å². The summed E-state index contributed by atoms with van der Waals surface area (Å²) in [7, 11) is 0. The number of carbonyl (C=O) groups is 1. The Kier molecular flexibility index (Phi) is 4.12. The summed E-state index contributed by atoms with van der Waals surface area (Å²) in [5.41, 5.74) is 1.49. The van der Waals surface area contributed by atoms with Crippen molar-refractivity contribution in [2.45, 2.75) is 25.8 Å². The molecule has 0 bridgehead atoms. The number of rotatable bonds is 3. The van der Waals surface area contributed by atoms with Crippen molar-refractivity contribution in [2.24, 2.45) is 0 Å². The lowest BCUT2D eigenvalue weighted by molar-refractivity contribution is 0.0950. The second-order valence-electron chi connectivity index (χ2n) is 4.29. The van der Waals surface area contributed by atoms with Crippen LogP contribution in [0.15, 0.2) is 16.7 Å². The minimum atomic E-state index is -0.0631. The Morgan fingerprint density at radius 1 is 1.71 bits per heavy atom. The number of halogens is 1. The van der Waals surface area contributed by atoms with E-state index in [0.29, 0.717) is 18.2 Å². The van der Waals surface area contributed by atoms with E-state index in [0.717, 1.165) is 23.1 Å². The van der Waals surface area contributed by atoms with Gasteiger partial charge in [-0.3, -0.25) is 9.78 Å². The Labute approximate surface area is 109 Å². The Hall–Kier alpha value is -0.940. The second-order valence-corrected chi connectivity index (χ2v) is 5.15. The van der Waals surface area contributed by atoms with Gasteiger partial charge in [0.1, 0.15) is 0 Å². The van der Waals surface area contributed by atoms with E-state index >= 15 is 0 Å². The lowest BCUT2D eigenvalue weighted by Crippen LogP contribution is -2.37. The summed E-state index contributed by atoms with van der Waals surface area (Å²) in [6, 6.07) is 2.22. The van der Waals surface area contributed by atoms with Gasteiger partial charge in [0, 0.05) is 23.3 Å². The molecule has 1 amide bonds. The molecule has 5 heteroatoms. The van der Waals surface area contributed by atoms with E-state index in [2.05, 4.69) is 31.5 Å². The molecule has 4 nitrogen and oxygen atoms in total. The highest BCUT2D eigenvalue weighted by atomic mass is 79.9. The molecule has 1 atom stereocenters. The molecule has 2 rings (SSSR count). The topological polar surface area (TPSA) is 54.0 Å². The van der Waals surface area contributed by atoms with Crippen molar-refractivity contribution in [3.05, 3.63) is 28.0 Å². The number of nitrogens with zero attached hydrogens (tertiary/aromatic N) is 1. The minimum absolute atomic E-state index is 0.0631. The fourth-order valence-electron chi connectivity index (χ4n) is 1.88. The molecule has 0 spiro atoms. The fourth-order valence-corrected chi connectivity index (χ4v) is 2.23. The number of amides is 1. The Morgan fingerprint density at radius 3 is 3.18 bits per heavy atom. The first-order chi connectivity index (χ1) is 8.16. The summed E-state index contributed by atoms with van der Waals surface area (Å²) in [5, 5.41) is 6.27. The number of pyridine rings is 1. The normalized spacial score (nSPS) is 19.3. The zero-order chi connectivity index (χ0) is 12.3. The molecule has 1 aromatic heterocycles. The van der Waals surface area contributed by atoms with Gasteiger partial charge in [0.25, 0.3) is 5.91 Å². The van der Waals surface area contributed by atoms with Gasteiger partial charge >= 0.3 is 0 Å². The monoisotopic (exact) mass is 297 g/mol. The largest absolute Gasteiger partial charge is 0.350 e. The minimum Gasteiger partial charge on any atom is -0.350 e. The highest BCUT2D eigenvalue weighted by Gasteiger charge is 2.15. The van der Waals surface area contributed by atoms with Crippen molar-refractivity contribution in [1.82, 2.24) is 15.6 Å². The zero-order valence-corrected chi connectivity index (χ0v) is 11.4. The Morgan fingerprint density at radius 2 is 2.53 bits per heavy atom. The van der Waals surface area contributed by atoms with Gasteiger partial charge in [-0.1, -0.05) is 0 Å². The van der Waals surface area contributed by atoms with Crippen molar-refractivity contribution in [1.29, 1.82) is 0 Å². The molecule has 2 heterocycles. The van der Waals surface area contributed by atoms with E-state index in [1.54, 1.807) is 12.3 Å². The van der Waals surface area contributed by atoms with E-state index in [4.69, 9.17) is 0 Å². The van der Waals surface area contributed by atoms with Crippen molar-refractivity contribution in [3.8, 4) is 0 Å². The third kappa shape index (κ3) is 3.26. The molecule has 1 saturated heterocycles. The lowest BCUT2D eigenvalue weighted by Gasteiger charge is -2.11. The molecule has 1 aliphatic heterocycles. The summed E-state index contributed by atoms with van der Waals surface area (Å²) in [5.74, 6) is -0.0631. The van der Waals surface area contributed by atoms with E-state index in [1.807, 2.05) is 6.92 Å². The molecule has 2 N–H and O–H groups in total. The maximum atomic E-state index is 11.9. The molecular weight excluding hydrogens is 282 g/mol. The standard InChI is InChI=1S/C12H16BrN3O/c1-8-11(13)5-9(6-15-8)12(17)16-7-10-3-2-4-14-10/h5-6,10,14H,2-4,7H2,1H3,(H,16,17)/t10-/m0/s1. The van der Waals surface area contributed by atoms with Crippen LogP contribution in [0.3, 0.4) is 0 Å². The number of hydrogen-bond donors (Lipinski definition) is 2. The third-order valence-corrected chi connectivity index (χ3v) is 3.76. The van der Waals surface area contributed by atoms with Crippen LogP contribution in [-0.2, 0) is 0 Å². The molecule has 1 aliphatic rings. The summed E-state index contributed by atoms with van der Waals surface area (Å²) in [6.07, 6.45) is 3.94. The van der Waals surface area contributed by atoms with Gasteiger partial charge in [-0.25, -0.2) is 0 Å². The quantitative estimate of drug-likeness (QED) is 0.892. The fraction of sp³-hybridized carbons (Fsp3) is 0.500. The molecule has 1 aromatic rings. The maximum absolute atomic E-state index is 11.9. The van der Waals surface area contributed by atoms with Gasteiger partial charge < -0.3 is 10.6 Å². The van der Waals surface area contributed by atoms with Crippen LogP contribution in [0.1, 0.15) is 28.9 Å². The van der Waals surface area contributed by atoms with E-state index in [1.165, 1.54) is 6.42 Å². The van der Waals surface area contributed by atoms with Gasteiger partial charge in [0.2, 0.25) is 0 Å². The molecule has 0 unspecified atom stereocenters. The van der Waals surface area contributed by atoms with Gasteiger partial charge in [0.15, 0.2) is 0 Å². The Balaban J connectivity index is 1.92. The smallest absolute Gasteiger partial charge is 0.252 e. The van der Waals surface area contributed by atoms with Crippen molar-refractivity contribution < 1.29 is 4.79 Å². The van der Waals surface area contributed by atoms with Crippen LogP contribution in [0.25, 0.3) is 0 Å². The van der Waals surface area contributed by atoms with Crippen LogP contribution in [0.2, 0.25) is 0 Å². The molecular formula is C12H16BrN3O. The first-order valence-electron chi connectivity index (χ1n) is 5.80. The van der Waals surface area contributed by atoms with Crippen molar-refractivity contribution in [2.75, 3.05) is 13.1 Å². The number of carbonyl (C=O) groups excluding carboxylic acids is 1. The zero-order valence-electron chi connectivity index (χ0n) is 9.79. The average molecular weight is 298 g/mol. The third-order valence-electron chi connectivity index (χ3n) is 2.96. The van der Waals surface area contributed by atoms with E-state index in [-0.39, 0.29) is 5.91 Å². The predicted molar refractivity (Wildman–Crippen MR) is 70.0 cm³/mol. The second kappa shape index (κ2) is 5.60. The number of nitrogens with one attached hydrogen (secondary N) is 2. The van der Waals surface area contributed by atoms with Gasteiger partial charge in [-0.15, -0.1) is 0 Å². The summed E-state index contributed by atoms with van der Waals surface area (Å²) in [4.78, 5) is 16.0. The molecule has 0 aromatic carbocycles. The SMILES string of the molecule is Cc1ncc(C(=O)NC[C@@H]2CCCN2)cc1Br. The van der Waals surface area contributed by atoms with E-state index in [9.17, 15) is 4.79 Å². The van der Waals surface area contributed by atoms with Gasteiger partial charge in [0.05, 0.1) is 11.3 Å². The lowest BCUT2D eigenvalue weighted by atomic mass is 10.2.